The zero-order valence-electron chi connectivity index (χ0n) is 18.7. The molecule has 182 valence electrons. The Hall–Kier alpha value is -4.68. The van der Waals surface area contributed by atoms with Gasteiger partial charge in [0.2, 0.25) is 0 Å². The van der Waals surface area contributed by atoms with Crippen LogP contribution in [0.5, 0.6) is 0 Å². The second kappa shape index (κ2) is 8.93. The van der Waals surface area contributed by atoms with Crippen molar-refractivity contribution in [2.75, 3.05) is 13.2 Å². The van der Waals surface area contributed by atoms with Gasteiger partial charge in [-0.1, -0.05) is 12.1 Å². The molecule has 2 aliphatic rings. The molecular weight excluding hydrogens is 462 g/mol. The summed E-state index contributed by atoms with van der Waals surface area (Å²) in [5.74, 6) is -1.25. The number of carbonyl (C=O) groups is 4. The molecule has 5 amide bonds. The quantitative estimate of drug-likeness (QED) is 0.231. The first-order valence-electron chi connectivity index (χ1n) is 10.6. The summed E-state index contributed by atoms with van der Waals surface area (Å²) in [6.07, 6.45) is 1.37. The van der Waals surface area contributed by atoms with Crippen LogP contribution in [0.3, 0.4) is 0 Å². The van der Waals surface area contributed by atoms with Crippen LogP contribution in [0.15, 0.2) is 58.3 Å². The molecule has 1 fully saturated rings. The number of amides is 5. The van der Waals surface area contributed by atoms with E-state index in [1.807, 2.05) is 0 Å². The lowest BCUT2D eigenvalue weighted by molar-refractivity contribution is -0.385. The Bertz CT molecular complexity index is 1250. The van der Waals surface area contributed by atoms with Crippen LogP contribution in [0.2, 0.25) is 0 Å². The number of imide groups is 1. The maximum absolute atomic E-state index is 13.4. The molecule has 0 aliphatic carbocycles. The second-order valence-corrected chi connectivity index (χ2v) is 7.91. The van der Waals surface area contributed by atoms with E-state index >= 15 is 0 Å². The van der Waals surface area contributed by atoms with Crippen LogP contribution < -0.4 is 16.0 Å². The average molecular weight is 483 g/mol. The number of esters is 1. The third kappa shape index (κ3) is 4.18. The SMILES string of the molecule is CCOC(=O)C1=C(CN2C(=O)NC(C)(c3cccc([N+](=O)[O-])c3)C2=O)NC(=O)NC1c1ccco1. The molecule has 0 bridgehead atoms. The van der Waals surface area contributed by atoms with Crippen molar-refractivity contribution >= 4 is 29.6 Å². The number of ether oxygens (including phenoxy) is 1. The molecule has 0 radical (unpaired) electrons. The Kier molecular flexibility index (Phi) is 5.99. The second-order valence-electron chi connectivity index (χ2n) is 7.91. The molecule has 13 nitrogen and oxygen atoms in total. The minimum absolute atomic E-state index is 0.0274. The van der Waals surface area contributed by atoms with Crippen LogP contribution in [0.1, 0.15) is 31.2 Å². The van der Waals surface area contributed by atoms with E-state index in [2.05, 4.69) is 16.0 Å². The van der Waals surface area contributed by atoms with Gasteiger partial charge in [0.15, 0.2) is 0 Å². The van der Waals surface area contributed by atoms with Gasteiger partial charge in [-0.3, -0.25) is 19.8 Å². The molecule has 35 heavy (non-hydrogen) atoms. The standard InChI is InChI=1S/C22H21N5O8/c1-3-34-18(28)16-14(23-20(30)24-17(16)15-8-5-9-35-15)11-26-19(29)22(2,25-21(26)31)12-6-4-7-13(10-12)27(32)33/h4-10,17H,3,11H2,1-2H3,(H,25,31)(H2,23,24,30). The molecule has 2 aliphatic heterocycles. The van der Waals surface area contributed by atoms with Gasteiger partial charge in [0.05, 0.1) is 35.6 Å². The summed E-state index contributed by atoms with van der Waals surface area (Å²) in [6, 6.07) is 5.99. The molecule has 0 spiro atoms. The molecule has 1 aromatic heterocycles. The van der Waals surface area contributed by atoms with E-state index in [9.17, 15) is 29.3 Å². The largest absolute Gasteiger partial charge is 0.467 e. The molecular formula is C22H21N5O8. The number of benzene rings is 1. The first kappa shape index (κ1) is 23.5. The Morgan fingerprint density at radius 3 is 2.69 bits per heavy atom. The average Bonchev–Trinajstić information content (AvgIpc) is 3.43. The first-order chi connectivity index (χ1) is 16.7. The highest BCUT2D eigenvalue weighted by Crippen LogP contribution is 2.33. The number of carbonyl (C=O) groups excluding carboxylic acids is 4. The number of nitrogens with zero attached hydrogens (tertiary/aromatic N) is 2. The van der Waals surface area contributed by atoms with Gasteiger partial charge in [-0.05, 0) is 31.5 Å². The van der Waals surface area contributed by atoms with Crippen molar-refractivity contribution in [3.63, 3.8) is 0 Å². The van der Waals surface area contributed by atoms with E-state index in [4.69, 9.17) is 9.15 Å². The summed E-state index contributed by atoms with van der Waals surface area (Å²) in [4.78, 5) is 62.8. The number of hydrogen-bond donors (Lipinski definition) is 3. The number of nitro benzene ring substituents is 1. The third-order valence-electron chi connectivity index (χ3n) is 5.70. The number of non-ortho nitro benzene ring substituents is 1. The lowest BCUT2D eigenvalue weighted by Gasteiger charge is -2.29. The third-order valence-corrected chi connectivity index (χ3v) is 5.70. The predicted octanol–water partition coefficient (Wildman–Crippen LogP) is 1.83. The minimum atomic E-state index is -1.61. The maximum atomic E-state index is 13.4. The molecule has 2 unspecified atom stereocenters. The minimum Gasteiger partial charge on any atom is -0.467 e. The summed E-state index contributed by atoms with van der Waals surface area (Å²) < 4.78 is 10.5. The predicted molar refractivity (Wildman–Crippen MR) is 117 cm³/mol. The normalized spacial score (nSPS) is 21.9. The molecule has 3 N–H and O–H groups in total. The van der Waals surface area contributed by atoms with Crippen LogP contribution in [-0.4, -0.2) is 46.9 Å². The van der Waals surface area contributed by atoms with Crippen molar-refractivity contribution in [1.29, 1.82) is 0 Å². The van der Waals surface area contributed by atoms with Crippen molar-refractivity contribution in [3.05, 3.63) is 75.4 Å². The number of nitrogens with one attached hydrogen (secondary N) is 3. The van der Waals surface area contributed by atoms with E-state index in [1.165, 1.54) is 37.5 Å². The smallest absolute Gasteiger partial charge is 0.338 e. The van der Waals surface area contributed by atoms with Crippen molar-refractivity contribution in [1.82, 2.24) is 20.9 Å². The van der Waals surface area contributed by atoms with Gasteiger partial charge in [-0.25, -0.2) is 14.4 Å². The highest BCUT2D eigenvalue weighted by atomic mass is 16.6. The monoisotopic (exact) mass is 483 g/mol. The van der Waals surface area contributed by atoms with E-state index in [-0.39, 0.29) is 34.9 Å². The van der Waals surface area contributed by atoms with Crippen molar-refractivity contribution in [2.24, 2.45) is 0 Å². The van der Waals surface area contributed by atoms with E-state index in [0.717, 1.165) is 4.90 Å². The van der Waals surface area contributed by atoms with Crippen molar-refractivity contribution < 1.29 is 33.3 Å². The number of nitro groups is 1. The van der Waals surface area contributed by atoms with Crippen LogP contribution >= 0.6 is 0 Å². The number of rotatable bonds is 7. The Morgan fingerprint density at radius 1 is 1.26 bits per heavy atom. The molecule has 13 heteroatoms. The van der Waals surface area contributed by atoms with Crippen molar-refractivity contribution in [2.45, 2.75) is 25.4 Å². The molecule has 3 heterocycles. The molecule has 1 saturated heterocycles. The van der Waals surface area contributed by atoms with Gasteiger partial charge in [0, 0.05) is 12.1 Å². The molecule has 2 aromatic rings. The number of hydrogen-bond acceptors (Lipinski definition) is 8. The van der Waals surface area contributed by atoms with Gasteiger partial charge in [0.1, 0.15) is 17.3 Å². The summed E-state index contributed by atoms with van der Waals surface area (Å²) in [5, 5.41) is 18.8. The van der Waals surface area contributed by atoms with Gasteiger partial charge in [-0.2, -0.15) is 0 Å². The van der Waals surface area contributed by atoms with E-state index < -0.39 is 47.0 Å². The zero-order valence-corrected chi connectivity index (χ0v) is 18.7. The summed E-state index contributed by atoms with van der Waals surface area (Å²) in [7, 11) is 0. The maximum Gasteiger partial charge on any atom is 0.338 e. The van der Waals surface area contributed by atoms with Gasteiger partial charge >= 0.3 is 18.0 Å². The van der Waals surface area contributed by atoms with E-state index in [1.54, 1.807) is 19.1 Å². The highest BCUT2D eigenvalue weighted by molar-refractivity contribution is 6.07. The lowest BCUT2D eigenvalue weighted by atomic mass is 9.91. The van der Waals surface area contributed by atoms with Crippen LogP contribution in [0.4, 0.5) is 15.3 Å². The molecule has 4 rings (SSSR count). The van der Waals surface area contributed by atoms with Crippen molar-refractivity contribution in [3.8, 4) is 0 Å². The summed E-state index contributed by atoms with van der Waals surface area (Å²) >= 11 is 0. The highest BCUT2D eigenvalue weighted by Gasteiger charge is 2.50. The lowest BCUT2D eigenvalue weighted by Crippen LogP contribution is -2.49. The Labute approximate surface area is 198 Å². The number of furan rings is 1. The zero-order chi connectivity index (χ0) is 25.3. The van der Waals surface area contributed by atoms with Crippen LogP contribution in [-0.2, 0) is 19.9 Å². The van der Waals surface area contributed by atoms with Crippen LogP contribution in [0, 0.1) is 10.1 Å². The van der Waals surface area contributed by atoms with Gasteiger partial charge in [0.25, 0.3) is 11.6 Å². The molecule has 0 saturated carbocycles. The fraction of sp³-hybridized carbons (Fsp3) is 0.273. The molecule has 1 aromatic carbocycles. The topological polar surface area (TPSA) is 173 Å². The van der Waals surface area contributed by atoms with Gasteiger partial charge < -0.3 is 25.1 Å². The van der Waals surface area contributed by atoms with E-state index in [0.29, 0.717) is 0 Å². The summed E-state index contributed by atoms with van der Waals surface area (Å²) in [6.45, 7) is 2.60. The number of urea groups is 2. The molecule has 2 atom stereocenters. The fourth-order valence-electron chi connectivity index (χ4n) is 3.99. The summed E-state index contributed by atoms with van der Waals surface area (Å²) in [5.41, 5.74) is -1.71. The Balaban J connectivity index is 1.72. The fourth-order valence-corrected chi connectivity index (χ4v) is 3.99. The first-order valence-corrected chi connectivity index (χ1v) is 10.6. The van der Waals surface area contributed by atoms with Crippen LogP contribution in [0.25, 0.3) is 0 Å². The Morgan fingerprint density at radius 2 is 2.03 bits per heavy atom. The van der Waals surface area contributed by atoms with Gasteiger partial charge in [-0.15, -0.1) is 0 Å².